The lowest BCUT2D eigenvalue weighted by Gasteiger charge is -2.01. The largest absolute Gasteiger partial charge is 0.477 e. The van der Waals surface area contributed by atoms with Gasteiger partial charge in [-0.25, -0.2) is 4.79 Å². The molecular formula is C11H8N2O3. The minimum atomic E-state index is -1.17. The molecule has 0 aliphatic heterocycles. The van der Waals surface area contributed by atoms with E-state index in [2.05, 4.69) is 9.97 Å². The van der Waals surface area contributed by atoms with E-state index in [0.717, 1.165) is 6.07 Å². The van der Waals surface area contributed by atoms with Crippen LogP contribution >= 0.6 is 0 Å². The van der Waals surface area contributed by atoms with E-state index in [4.69, 9.17) is 5.11 Å². The summed E-state index contributed by atoms with van der Waals surface area (Å²) in [5, 5.41) is 8.79. The van der Waals surface area contributed by atoms with Crippen molar-refractivity contribution in [2.24, 2.45) is 0 Å². The molecule has 0 saturated carbocycles. The van der Waals surface area contributed by atoms with Gasteiger partial charge in [0.15, 0.2) is 5.43 Å². The summed E-state index contributed by atoms with van der Waals surface area (Å²) in [6, 6.07) is 7.54. The molecule has 0 aromatic carbocycles. The first-order valence-electron chi connectivity index (χ1n) is 4.56. The molecule has 0 aliphatic rings. The van der Waals surface area contributed by atoms with Crippen LogP contribution in [-0.2, 0) is 0 Å². The zero-order valence-electron chi connectivity index (χ0n) is 8.18. The van der Waals surface area contributed by atoms with Crippen LogP contribution in [0.25, 0.3) is 11.4 Å². The second-order valence-electron chi connectivity index (χ2n) is 3.16. The smallest absolute Gasteiger partial charge is 0.352 e. The number of rotatable bonds is 2. The number of hydrogen-bond acceptors (Lipinski definition) is 3. The monoisotopic (exact) mass is 216 g/mol. The van der Waals surface area contributed by atoms with Crippen LogP contribution in [0, 0.1) is 0 Å². The Hall–Kier alpha value is -2.43. The van der Waals surface area contributed by atoms with Gasteiger partial charge in [0.2, 0.25) is 0 Å². The standard InChI is InChI=1S/C11H8N2O3/c14-7-5-9(8-3-1-2-4-12-8)13-10(6-7)11(15)16/h1-6H,(H,13,14)(H,15,16). The molecule has 2 rings (SSSR count). The number of nitrogens with one attached hydrogen (secondary N) is 1. The number of aromatic nitrogens is 2. The highest BCUT2D eigenvalue weighted by molar-refractivity contribution is 5.85. The van der Waals surface area contributed by atoms with Crippen LogP contribution in [0.5, 0.6) is 0 Å². The average molecular weight is 216 g/mol. The molecule has 16 heavy (non-hydrogen) atoms. The van der Waals surface area contributed by atoms with E-state index in [0.29, 0.717) is 11.4 Å². The number of H-pyrrole nitrogens is 1. The highest BCUT2D eigenvalue weighted by Crippen LogP contribution is 2.11. The van der Waals surface area contributed by atoms with E-state index in [1.807, 2.05) is 0 Å². The van der Waals surface area contributed by atoms with Crippen LogP contribution in [0.2, 0.25) is 0 Å². The van der Waals surface area contributed by atoms with Crippen LogP contribution < -0.4 is 5.43 Å². The molecule has 0 saturated heterocycles. The Bertz CT molecular complexity index is 575. The number of aromatic amines is 1. The zero-order chi connectivity index (χ0) is 11.5. The van der Waals surface area contributed by atoms with Crippen LogP contribution in [0.1, 0.15) is 10.5 Å². The fraction of sp³-hybridized carbons (Fsp3) is 0. The second-order valence-corrected chi connectivity index (χ2v) is 3.16. The maximum Gasteiger partial charge on any atom is 0.352 e. The summed E-state index contributed by atoms with van der Waals surface area (Å²) in [6.45, 7) is 0. The molecule has 2 aromatic rings. The first kappa shape index (κ1) is 10.1. The summed E-state index contributed by atoms with van der Waals surface area (Å²) in [5.74, 6) is -1.17. The van der Waals surface area contributed by atoms with Gasteiger partial charge in [0.25, 0.3) is 0 Å². The Morgan fingerprint density at radius 3 is 2.75 bits per heavy atom. The molecule has 2 heterocycles. The van der Waals surface area contributed by atoms with E-state index >= 15 is 0 Å². The molecule has 80 valence electrons. The summed E-state index contributed by atoms with van der Waals surface area (Å²) in [6.07, 6.45) is 1.57. The molecule has 2 aromatic heterocycles. The highest BCUT2D eigenvalue weighted by atomic mass is 16.4. The van der Waals surface area contributed by atoms with Gasteiger partial charge < -0.3 is 10.1 Å². The molecule has 0 spiro atoms. The normalized spacial score (nSPS) is 10.0. The molecule has 0 bridgehead atoms. The van der Waals surface area contributed by atoms with E-state index in [1.165, 1.54) is 6.07 Å². The molecule has 0 fully saturated rings. The predicted molar refractivity (Wildman–Crippen MR) is 57.3 cm³/mol. The van der Waals surface area contributed by atoms with Crippen LogP contribution in [0.15, 0.2) is 41.3 Å². The molecule has 5 nitrogen and oxygen atoms in total. The van der Waals surface area contributed by atoms with E-state index in [-0.39, 0.29) is 11.1 Å². The predicted octanol–water partition coefficient (Wildman–Crippen LogP) is 1.14. The average Bonchev–Trinajstić information content (AvgIpc) is 2.29. The van der Waals surface area contributed by atoms with Crippen LogP contribution in [0.4, 0.5) is 0 Å². The van der Waals surface area contributed by atoms with E-state index in [9.17, 15) is 9.59 Å². The summed E-state index contributed by atoms with van der Waals surface area (Å²) in [5.41, 5.74) is 0.415. The Balaban J connectivity index is 2.58. The number of pyridine rings is 2. The summed E-state index contributed by atoms with van der Waals surface area (Å²) < 4.78 is 0. The van der Waals surface area contributed by atoms with Gasteiger partial charge in [-0.05, 0) is 12.1 Å². The summed E-state index contributed by atoms with van der Waals surface area (Å²) in [4.78, 5) is 28.7. The van der Waals surface area contributed by atoms with Gasteiger partial charge >= 0.3 is 5.97 Å². The maximum absolute atomic E-state index is 11.3. The van der Waals surface area contributed by atoms with Crippen molar-refractivity contribution < 1.29 is 9.90 Å². The first-order chi connectivity index (χ1) is 7.66. The summed E-state index contributed by atoms with van der Waals surface area (Å²) >= 11 is 0. The SMILES string of the molecule is O=C(O)c1cc(=O)cc(-c2ccccn2)[nH]1. The van der Waals surface area contributed by atoms with Gasteiger partial charge in [0, 0.05) is 18.3 Å². The Labute approximate surface area is 90.4 Å². The second kappa shape index (κ2) is 3.98. The maximum atomic E-state index is 11.3. The van der Waals surface area contributed by atoms with Gasteiger partial charge in [-0.2, -0.15) is 0 Å². The zero-order valence-corrected chi connectivity index (χ0v) is 8.18. The lowest BCUT2D eigenvalue weighted by Crippen LogP contribution is -2.09. The highest BCUT2D eigenvalue weighted by Gasteiger charge is 2.07. The molecule has 5 heteroatoms. The van der Waals surface area contributed by atoms with Gasteiger partial charge in [-0.3, -0.25) is 9.78 Å². The van der Waals surface area contributed by atoms with Crippen LogP contribution in [0.3, 0.4) is 0 Å². The Kier molecular flexibility index (Phi) is 2.51. The van der Waals surface area contributed by atoms with Gasteiger partial charge in [0.05, 0.1) is 11.4 Å². The molecule has 0 aliphatic carbocycles. The van der Waals surface area contributed by atoms with Crippen molar-refractivity contribution in [1.29, 1.82) is 0 Å². The van der Waals surface area contributed by atoms with Gasteiger partial charge in [0.1, 0.15) is 5.69 Å². The summed E-state index contributed by atoms with van der Waals surface area (Å²) in [7, 11) is 0. The fourth-order valence-electron chi connectivity index (χ4n) is 1.32. The van der Waals surface area contributed by atoms with Crippen molar-refractivity contribution in [3.63, 3.8) is 0 Å². The number of carboxylic acids is 1. The van der Waals surface area contributed by atoms with Gasteiger partial charge in [-0.1, -0.05) is 6.07 Å². The van der Waals surface area contributed by atoms with Crippen molar-refractivity contribution >= 4 is 5.97 Å². The topological polar surface area (TPSA) is 83.0 Å². The first-order valence-corrected chi connectivity index (χ1v) is 4.56. The molecular weight excluding hydrogens is 208 g/mol. The van der Waals surface area contributed by atoms with Crippen molar-refractivity contribution in [3.8, 4) is 11.4 Å². The van der Waals surface area contributed by atoms with Crippen LogP contribution in [-0.4, -0.2) is 21.0 Å². The van der Waals surface area contributed by atoms with E-state index < -0.39 is 5.97 Å². The number of carboxylic acid groups (broad SMARTS) is 1. The van der Waals surface area contributed by atoms with Crippen molar-refractivity contribution in [2.75, 3.05) is 0 Å². The number of carbonyl (C=O) groups is 1. The van der Waals surface area contributed by atoms with E-state index in [1.54, 1.807) is 24.4 Å². The minimum absolute atomic E-state index is 0.145. The number of hydrogen-bond donors (Lipinski definition) is 2. The van der Waals surface area contributed by atoms with Crippen molar-refractivity contribution in [1.82, 2.24) is 9.97 Å². The third kappa shape index (κ3) is 1.98. The molecule has 0 amide bonds. The third-order valence-corrected chi connectivity index (χ3v) is 2.01. The molecule has 0 atom stereocenters. The number of nitrogens with zero attached hydrogens (tertiary/aromatic N) is 1. The van der Waals surface area contributed by atoms with Gasteiger partial charge in [-0.15, -0.1) is 0 Å². The Morgan fingerprint density at radius 2 is 2.12 bits per heavy atom. The molecule has 0 unspecified atom stereocenters. The number of aromatic carboxylic acids is 1. The fourth-order valence-corrected chi connectivity index (χ4v) is 1.32. The van der Waals surface area contributed by atoms with Crippen molar-refractivity contribution in [2.45, 2.75) is 0 Å². The minimum Gasteiger partial charge on any atom is -0.477 e. The quantitative estimate of drug-likeness (QED) is 0.788. The molecule has 2 N–H and O–H groups in total. The Morgan fingerprint density at radius 1 is 1.31 bits per heavy atom. The van der Waals surface area contributed by atoms with Crippen molar-refractivity contribution in [3.05, 3.63) is 52.4 Å². The molecule has 0 radical (unpaired) electrons. The third-order valence-electron chi connectivity index (χ3n) is 2.01. The lowest BCUT2D eigenvalue weighted by atomic mass is 10.2. The lowest BCUT2D eigenvalue weighted by molar-refractivity contribution is 0.0690.